The molecule has 1 N–H and O–H groups in total. The monoisotopic (exact) mass is 472 g/mol. The van der Waals surface area contributed by atoms with Crippen LogP contribution in [0.1, 0.15) is 17.0 Å². The van der Waals surface area contributed by atoms with Crippen LogP contribution in [0.3, 0.4) is 0 Å². The molecule has 1 aromatic heterocycles. The number of benzene rings is 2. The van der Waals surface area contributed by atoms with E-state index in [4.69, 9.17) is 9.47 Å². The molecule has 32 heavy (non-hydrogen) atoms. The van der Waals surface area contributed by atoms with Crippen LogP contribution in [0.4, 0.5) is 0 Å². The van der Waals surface area contributed by atoms with Gasteiger partial charge in [-0.05, 0) is 43.2 Å². The van der Waals surface area contributed by atoms with Crippen LogP contribution in [-0.2, 0) is 24.0 Å². The highest BCUT2D eigenvalue weighted by Crippen LogP contribution is 2.27. The molecule has 0 aliphatic carbocycles. The van der Waals surface area contributed by atoms with Crippen LogP contribution >= 0.6 is 23.5 Å². The molecule has 3 aromatic rings. The zero-order valence-electron chi connectivity index (χ0n) is 18.8. The number of methoxy groups -OCH3 is 2. The zero-order chi connectivity index (χ0) is 22.9. The van der Waals surface area contributed by atoms with Crippen molar-refractivity contribution < 1.29 is 14.3 Å². The Kier molecular flexibility index (Phi) is 8.87. The quantitative estimate of drug-likeness (QED) is 0.424. The molecule has 0 fully saturated rings. The average molecular weight is 473 g/mol. The van der Waals surface area contributed by atoms with Crippen LogP contribution in [0.2, 0.25) is 0 Å². The highest BCUT2D eigenvalue weighted by atomic mass is 32.2. The second-order valence-corrected chi connectivity index (χ2v) is 9.13. The number of ether oxygens (including phenoxy) is 2. The van der Waals surface area contributed by atoms with Crippen LogP contribution < -0.4 is 14.8 Å². The summed E-state index contributed by atoms with van der Waals surface area (Å²) in [6, 6.07) is 14.2. The smallest absolute Gasteiger partial charge is 0.230 e. The Morgan fingerprint density at radius 1 is 1.03 bits per heavy atom. The summed E-state index contributed by atoms with van der Waals surface area (Å²) >= 11 is 3.11. The van der Waals surface area contributed by atoms with Gasteiger partial charge in [-0.2, -0.15) is 0 Å². The van der Waals surface area contributed by atoms with Crippen LogP contribution in [-0.4, -0.2) is 47.2 Å². The Bertz CT molecular complexity index is 1040. The molecule has 7 nitrogen and oxygen atoms in total. The van der Waals surface area contributed by atoms with Gasteiger partial charge < -0.3 is 19.4 Å². The van der Waals surface area contributed by atoms with Crippen LogP contribution in [0.5, 0.6) is 11.5 Å². The van der Waals surface area contributed by atoms with Gasteiger partial charge in [-0.3, -0.25) is 4.79 Å². The maximum atomic E-state index is 12.2. The number of hydrogen-bond donors (Lipinski definition) is 1. The highest BCUT2D eigenvalue weighted by molar-refractivity contribution is 7.99. The number of rotatable bonds is 11. The third kappa shape index (κ3) is 6.67. The number of carbonyl (C=O) groups excluding carboxylic acids is 1. The molecule has 0 spiro atoms. The van der Waals surface area contributed by atoms with Gasteiger partial charge >= 0.3 is 0 Å². The van der Waals surface area contributed by atoms with Crippen molar-refractivity contribution in [3.8, 4) is 11.5 Å². The van der Waals surface area contributed by atoms with E-state index in [0.29, 0.717) is 30.2 Å². The van der Waals surface area contributed by atoms with E-state index in [1.54, 1.807) is 26.0 Å². The fraction of sp³-hybridized carbons (Fsp3) is 0.348. The normalized spacial score (nSPS) is 10.8. The molecule has 0 saturated heterocycles. The molecule has 0 saturated carbocycles. The van der Waals surface area contributed by atoms with E-state index in [0.717, 1.165) is 22.3 Å². The number of thioether (sulfide) groups is 2. The van der Waals surface area contributed by atoms with E-state index in [2.05, 4.69) is 46.7 Å². The van der Waals surface area contributed by atoms with Crippen LogP contribution in [0.15, 0.2) is 52.5 Å². The maximum Gasteiger partial charge on any atom is 0.230 e. The van der Waals surface area contributed by atoms with Crippen molar-refractivity contribution in [2.45, 2.75) is 29.1 Å². The third-order valence-corrected chi connectivity index (χ3v) is 6.86. The van der Waals surface area contributed by atoms with E-state index >= 15 is 0 Å². The van der Waals surface area contributed by atoms with E-state index in [9.17, 15) is 4.79 Å². The van der Waals surface area contributed by atoms with Crippen molar-refractivity contribution in [1.29, 1.82) is 0 Å². The van der Waals surface area contributed by atoms with E-state index in [-0.39, 0.29) is 5.91 Å². The first kappa shape index (κ1) is 24.0. The molecule has 0 aliphatic heterocycles. The molecule has 0 bridgehead atoms. The number of nitrogens with one attached hydrogen (secondary N) is 1. The fourth-order valence-electron chi connectivity index (χ4n) is 2.94. The van der Waals surface area contributed by atoms with Gasteiger partial charge in [-0.1, -0.05) is 35.5 Å². The van der Waals surface area contributed by atoms with Gasteiger partial charge in [0.15, 0.2) is 16.7 Å². The lowest BCUT2D eigenvalue weighted by molar-refractivity contribution is -0.118. The predicted octanol–water partition coefficient (Wildman–Crippen LogP) is 3.88. The SMILES string of the molecule is COc1ccc(CCNC(=O)CSc2nnc(CSc3ccc(C)cc3)n2C)cc1OC. The molecule has 0 aliphatic rings. The van der Waals surface area contributed by atoms with Crippen molar-refractivity contribution in [3.05, 3.63) is 59.4 Å². The molecule has 9 heteroatoms. The van der Waals surface area contributed by atoms with Gasteiger partial charge in [0.2, 0.25) is 5.91 Å². The molecule has 1 amide bonds. The van der Waals surface area contributed by atoms with Gasteiger partial charge in [0.05, 0.1) is 25.7 Å². The van der Waals surface area contributed by atoms with Crippen molar-refractivity contribution in [3.63, 3.8) is 0 Å². The van der Waals surface area contributed by atoms with Crippen molar-refractivity contribution in [2.75, 3.05) is 26.5 Å². The molecule has 0 unspecified atom stereocenters. The first-order valence-electron chi connectivity index (χ1n) is 10.2. The first-order valence-corrected chi connectivity index (χ1v) is 12.2. The number of aryl methyl sites for hydroxylation is 1. The van der Waals surface area contributed by atoms with Crippen molar-refractivity contribution in [2.24, 2.45) is 7.05 Å². The maximum absolute atomic E-state index is 12.2. The molecular formula is C23H28N4O3S2. The number of aromatic nitrogens is 3. The standard InChI is InChI=1S/C23H28N4O3S2/c1-16-5-8-18(9-6-16)31-14-21-25-26-23(27(21)2)32-15-22(28)24-12-11-17-7-10-19(29-3)20(13-17)30-4/h5-10,13H,11-12,14-15H2,1-4H3,(H,24,28). The lowest BCUT2D eigenvalue weighted by Crippen LogP contribution is -2.27. The molecule has 1 heterocycles. The summed E-state index contributed by atoms with van der Waals surface area (Å²) in [4.78, 5) is 13.4. The van der Waals surface area contributed by atoms with E-state index in [1.807, 2.05) is 29.8 Å². The predicted molar refractivity (Wildman–Crippen MR) is 129 cm³/mol. The summed E-state index contributed by atoms with van der Waals surface area (Å²) in [5.41, 5.74) is 2.31. The molecule has 3 rings (SSSR count). The van der Waals surface area contributed by atoms with Crippen molar-refractivity contribution in [1.82, 2.24) is 20.1 Å². The largest absolute Gasteiger partial charge is 0.493 e. The Morgan fingerprint density at radius 2 is 1.78 bits per heavy atom. The Morgan fingerprint density at radius 3 is 2.50 bits per heavy atom. The summed E-state index contributed by atoms with van der Waals surface area (Å²) in [6.45, 7) is 2.62. The topological polar surface area (TPSA) is 78.3 Å². The molecule has 0 radical (unpaired) electrons. The van der Waals surface area contributed by atoms with E-state index in [1.165, 1.54) is 22.2 Å². The minimum atomic E-state index is -0.0333. The second-order valence-electron chi connectivity index (χ2n) is 7.14. The van der Waals surface area contributed by atoms with Crippen LogP contribution in [0, 0.1) is 6.92 Å². The van der Waals surface area contributed by atoms with Gasteiger partial charge in [0.25, 0.3) is 0 Å². The first-order chi connectivity index (χ1) is 15.5. The van der Waals surface area contributed by atoms with Gasteiger partial charge in [-0.15, -0.1) is 22.0 Å². The summed E-state index contributed by atoms with van der Waals surface area (Å²) in [5, 5.41) is 12.2. The Labute approximate surface area is 197 Å². The summed E-state index contributed by atoms with van der Waals surface area (Å²) < 4.78 is 12.5. The van der Waals surface area contributed by atoms with E-state index < -0.39 is 0 Å². The summed E-state index contributed by atoms with van der Waals surface area (Å²) in [6.07, 6.45) is 0.709. The number of hydrogen-bond acceptors (Lipinski definition) is 7. The zero-order valence-corrected chi connectivity index (χ0v) is 20.4. The van der Waals surface area contributed by atoms with Crippen LogP contribution in [0.25, 0.3) is 0 Å². The highest BCUT2D eigenvalue weighted by Gasteiger charge is 2.12. The lowest BCUT2D eigenvalue weighted by atomic mass is 10.1. The summed E-state index contributed by atoms with van der Waals surface area (Å²) in [5.74, 6) is 3.25. The minimum absolute atomic E-state index is 0.0333. The number of nitrogens with zero attached hydrogens (tertiary/aromatic N) is 3. The third-order valence-electron chi connectivity index (χ3n) is 4.83. The average Bonchev–Trinajstić information content (AvgIpc) is 3.16. The number of amides is 1. The lowest BCUT2D eigenvalue weighted by Gasteiger charge is -2.10. The van der Waals surface area contributed by atoms with Gasteiger partial charge in [0.1, 0.15) is 5.82 Å². The number of carbonyl (C=O) groups is 1. The van der Waals surface area contributed by atoms with Crippen molar-refractivity contribution >= 4 is 29.4 Å². The molecular weight excluding hydrogens is 444 g/mol. The Hall–Kier alpha value is -2.65. The molecule has 2 aromatic carbocycles. The summed E-state index contributed by atoms with van der Waals surface area (Å²) in [7, 11) is 5.15. The van der Waals surface area contributed by atoms with Gasteiger partial charge in [0, 0.05) is 18.5 Å². The molecule has 170 valence electrons. The fourth-order valence-corrected chi connectivity index (χ4v) is 4.58. The van der Waals surface area contributed by atoms with Gasteiger partial charge in [-0.25, -0.2) is 0 Å². The Balaban J connectivity index is 1.42. The molecule has 0 atom stereocenters. The minimum Gasteiger partial charge on any atom is -0.493 e. The second kappa shape index (κ2) is 11.8.